The molecule has 0 fully saturated rings. The van der Waals surface area contributed by atoms with Gasteiger partial charge in [0.05, 0.1) is 5.52 Å². The lowest BCUT2D eigenvalue weighted by atomic mass is 10.1. The normalized spacial score (nSPS) is 11.1. The zero-order valence-electron chi connectivity index (χ0n) is 7.05. The maximum Gasteiger partial charge on any atom is 0.133 e. The summed E-state index contributed by atoms with van der Waals surface area (Å²) >= 11 is 17.4. The summed E-state index contributed by atoms with van der Waals surface area (Å²) in [6.45, 7) is 0. The Hall–Kier alpha value is -0.500. The van der Waals surface area contributed by atoms with Crippen molar-refractivity contribution in [1.29, 1.82) is 0 Å². The number of aromatic nitrogens is 1. The fourth-order valence-electron chi connectivity index (χ4n) is 1.34. The van der Waals surface area contributed by atoms with E-state index in [-0.39, 0.29) is 0 Å². The molecule has 0 bridgehead atoms. The van der Waals surface area contributed by atoms with E-state index < -0.39 is 4.84 Å². The number of halogens is 3. The largest absolute Gasteiger partial charge is 0.236 e. The van der Waals surface area contributed by atoms with E-state index in [9.17, 15) is 0 Å². The zero-order chi connectivity index (χ0) is 10.1. The molecule has 2 aromatic rings. The van der Waals surface area contributed by atoms with Gasteiger partial charge in [0.1, 0.15) is 9.99 Å². The molecule has 1 heterocycles. The number of rotatable bonds is 1. The summed E-state index contributed by atoms with van der Waals surface area (Å²) in [6.07, 6.45) is 0. The quantitative estimate of drug-likeness (QED) is 0.538. The Bertz CT molecular complexity index is 468. The van der Waals surface area contributed by atoms with Crippen LogP contribution in [0.3, 0.4) is 0 Å². The lowest BCUT2D eigenvalue weighted by Crippen LogP contribution is -1.87. The molecule has 0 radical (unpaired) electrons. The average molecular weight is 247 g/mol. The van der Waals surface area contributed by atoms with Crippen molar-refractivity contribution in [2.45, 2.75) is 4.84 Å². The fraction of sp³-hybridized carbons (Fsp3) is 0.100. The number of pyridine rings is 1. The van der Waals surface area contributed by atoms with E-state index in [0.717, 1.165) is 16.5 Å². The van der Waals surface area contributed by atoms with Crippen LogP contribution in [0.5, 0.6) is 0 Å². The van der Waals surface area contributed by atoms with E-state index in [4.69, 9.17) is 34.8 Å². The van der Waals surface area contributed by atoms with Gasteiger partial charge in [0.25, 0.3) is 0 Å². The Balaban J connectivity index is 2.75. The summed E-state index contributed by atoms with van der Waals surface area (Å²) in [4.78, 5) is 3.63. The zero-order valence-corrected chi connectivity index (χ0v) is 9.31. The van der Waals surface area contributed by atoms with Crippen LogP contribution in [0, 0.1) is 0 Å². The first-order valence-corrected chi connectivity index (χ1v) is 5.27. The minimum Gasteiger partial charge on any atom is -0.236 e. The molecule has 1 aromatic heterocycles. The molecular formula is C10H6Cl3N. The molecule has 0 amide bonds. The molecule has 0 aliphatic carbocycles. The van der Waals surface area contributed by atoms with Crippen LogP contribution < -0.4 is 0 Å². The van der Waals surface area contributed by atoms with Crippen LogP contribution in [-0.2, 0) is 0 Å². The molecule has 0 atom stereocenters. The van der Waals surface area contributed by atoms with Crippen molar-refractivity contribution < 1.29 is 0 Å². The van der Waals surface area contributed by atoms with Gasteiger partial charge in [0.2, 0.25) is 0 Å². The molecule has 14 heavy (non-hydrogen) atoms. The third kappa shape index (κ3) is 1.81. The standard InChI is InChI=1S/C10H6Cl3N/c11-9-5-4-6-7(10(12)13)2-1-3-8(6)14-9/h1-5,10H. The monoisotopic (exact) mass is 245 g/mol. The second-order valence-electron chi connectivity index (χ2n) is 2.85. The smallest absolute Gasteiger partial charge is 0.133 e. The summed E-state index contributed by atoms with van der Waals surface area (Å²) in [6, 6.07) is 9.21. The molecule has 0 unspecified atom stereocenters. The topological polar surface area (TPSA) is 12.9 Å². The highest BCUT2D eigenvalue weighted by Gasteiger charge is 2.08. The molecule has 0 N–H and O–H groups in total. The summed E-state index contributed by atoms with van der Waals surface area (Å²) in [7, 11) is 0. The molecule has 2 rings (SSSR count). The number of benzene rings is 1. The molecule has 0 saturated carbocycles. The van der Waals surface area contributed by atoms with Crippen molar-refractivity contribution in [3.8, 4) is 0 Å². The first-order valence-electron chi connectivity index (χ1n) is 4.02. The second-order valence-corrected chi connectivity index (χ2v) is 4.33. The lowest BCUT2D eigenvalue weighted by molar-refractivity contribution is 1.35. The summed E-state index contributed by atoms with van der Waals surface area (Å²) in [5, 5.41) is 1.40. The Kier molecular flexibility index (Phi) is 2.82. The van der Waals surface area contributed by atoms with E-state index in [1.54, 1.807) is 6.07 Å². The van der Waals surface area contributed by atoms with Gasteiger partial charge < -0.3 is 0 Å². The molecule has 1 aromatic carbocycles. The number of alkyl halides is 2. The van der Waals surface area contributed by atoms with Gasteiger partial charge in [-0.3, -0.25) is 0 Å². The third-order valence-corrected chi connectivity index (χ3v) is 2.65. The molecule has 0 aliphatic heterocycles. The van der Waals surface area contributed by atoms with Gasteiger partial charge in [-0.15, -0.1) is 23.2 Å². The average Bonchev–Trinajstić information content (AvgIpc) is 2.16. The molecule has 4 heteroatoms. The predicted molar refractivity (Wildman–Crippen MR) is 61.2 cm³/mol. The van der Waals surface area contributed by atoms with Crippen molar-refractivity contribution in [2.24, 2.45) is 0 Å². The SMILES string of the molecule is Clc1ccc2c(C(Cl)Cl)cccc2n1. The minimum absolute atomic E-state index is 0.468. The molecule has 0 aliphatic rings. The Morgan fingerprint density at radius 3 is 2.57 bits per heavy atom. The van der Waals surface area contributed by atoms with E-state index in [1.165, 1.54) is 0 Å². The highest BCUT2D eigenvalue weighted by molar-refractivity contribution is 6.44. The van der Waals surface area contributed by atoms with Gasteiger partial charge in [0, 0.05) is 5.39 Å². The van der Waals surface area contributed by atoms with Crippen LogP contribution >= 0.6 is 34.8 Å². The summed E-state index contributed by atoms with van der Waals surface area (Å²) in [5.74, 6) is 0. The number of hydrogen-bond donors (Lipinski definition) is 0. The Labute approximate surface area is 96.6 Å². The first-order chi connectivity index (χ1) is 6.68. The maximum atomic E-state index is 5.83. The van der Waals surface area contributed by atoms with Crippen molar-refractivity contribution in [3.05, 3.63) is 41.0 Å². The summed E-state index contributed by atoms with van der Waals surface area (Å²) < 4.78 is 0. The Morgan fingerprint density at radius 2 is 1.86 bits per heavy atom. The number of hydrogen-bond acceptors (Lipinski definition) is 1. The molecule has 0 spiro atoms. The number of fused-ring (bicyclic) bond motifs is 1. The first kappa shape index (κ1) is 10.0. The lowest BCUT2D eigenvalue weighted by Gasteiger charge is -2.05. The van der Waals surface area contributed by atoms with Crippen molar-refractivity contribution in [1.82, 2.24) is 4.98 Å². The van der Waals surface area contributed by atoms with Crippen LogP contribution in [0.15, 0.2) is 30.3 Å². The highest BCUT2D eigenvalue weighted by Crippen LogP contribution is 2.30. The maximum absolute atomic E-state index is 5.83. The van der Waals surface area contributed by atoms with Crippen LogP contribution in [-0.4, -0.2) is 4.98 Å². The van der Waals surface area contributed by atoms with Crippen LogP contribution in [0.25, 0.3) is 10.9 Å². The van der Waals surface area contributed by atoms with E-state index in [0.29, 0.717) is 5.15 Å². The van der Waals surface area contributed by atoms with Gasteiger partial charge in [-0.25, -0.2) is 4.98 Å². The van der Waals surface area contributed by atoms with Crippen molar-refractivity contribution in [3.63, 3.8) is 0 Å². The van der Waals surface area contributed by atoms with E-state index in [1.807, 2.05) is 24.3 Å². The van der Waals surface area contributed by atoms with Gasteiger partial charge in [-0.1, -0.05) is 23.7 Å². The van der Waals surface area contributed by atoms with Crippen molar-refractivity contribution >= 4 is 45.7 Å². The van der Waals surface area contributed by atoms with Crippen LogP contribution in [0.2, 0.25) is 5.15 Å². The van der Waals surface area contributed by atoms with Crippen LogP contribution in [0.4, 0.5) is 0 Å². The fourth-order valence-corrected chi connectivity index (χ4v) is 1.88. The molecular weight excluding hydrogens is 240 g/mol. The highest BCUT2D eigenvalue weighted by atomic mass is 35.5. The van der Waals surface area contributed by atoms with Crippen molar-refractivity contribution in [2.75, 3.05) is 0 Å². The number of nitrogens with zero attached hydrogens (tertiary/aromatic N) is 1. The molecule has 0 saturated heterocycles. The van der Waals surface area contributed by atoms with Gasteiger partial charge >= 0.3 is 0 Å². The predicted octanol–water partition coefficient (Wildman–Crippen LogP) is 4.36. The van der Waals surface area contributed by atoms with E-state index in [2.05, 4.69) is 4.98 Å². The van der Waals surface area contributed by atoms with Gasteiger partial charge in [-0.2, -0.15) is 0 Å². The van der Waals surface area contributed by atoms with Gasteiger partial charge in [0.15, 0.2) is 0 Å². The third-order valence-electron chi connectivity index (χ3n) is 1.97. The summed E-state index contributed by atoms with van der Waals surface area (Å²) in [5.41, 5.74) is 1.66. The molecule has 1 nitrogen and oxygen atoms in total. The Morgan fingerprint density at radius 1 is 1.07 bits per heavy atom. The molecule has 72 valence electrons. The minimum atomic E-state index is -0.540. The van der Waals surface area contributed by atoms with Gasteiger partial charge in [-0.05, 0) is 23.8 Å². The second kappa shape index (κ2) is 3.93. The van der Waals surface area contributed by atoms with Crippen LogP contribution in [0.1, 0.15) is 10.4 Å². The van der Waals surface area contributed by atoms with E-state index >= 15 is 0 Å².